The summed E-state index contributed by atoms with van der Waals surface area (Å²) in [4.78, 5) is 0. The number of rotatable bonds is 4. The Bertz CT molecular complexity index is 236. The summed E-state index contributed by atoms with van der Waals surface area (Å²) in [6.07, 6.45) is 0. The molecule has 0 aliphatic rings. The summed E-state index contributed by atoms with van der Waals surface area (Å²) in [6, 6.07) is 10.8. The molecule has 1 aromatic rings. The maximum atomic E-state index is 2.56. The Balaban J connectivity index is 0.00000169. The predicted octanol–water partition coefficient (Wildman–Crippen LogP) is -1.14. The van der Waals surface area contributed by atoms with E-state index in [0.29, 0.717) is 0 Å². The SMILES string of the molecule is CCN(CC)[Si-](C)c1ccccc1.[Li+]. The van der Waals surface area contributed by atoms with Crippen molar-refractivity contribution in [2.45, 2.75) is 20.4 Å². The van der Waals surface area contributed by atoms with Crippen molar-refractivity contribution in [2.75, 3.05) is 13.1 Å². The van der Waals surface area contributed by atoms with Crippen molar-refractivity contribution in [1.29, 1.82) is 0 Å². The van der Waals surface area contributed by atoms with Gasteiger partial charge in [0, 0.05) is 0 Å². The van der Waals surface area contributed by atoms with Gasteiger partial charge in [-0.15, -0.1) is 0 Å². The molecule has 0 radical (unpaired) electrons. The first-order valence-electron chi connectivity index (χ1n) is 4.93. The molecule has 0 saturated heterocycles. The van der Waals surface area contributed by atoms with E-state index in [2.05, 4.69) is 55.3 Å². The van der Waals surface area contributed by atoms with Crippen LogP contribution in [0.3, 0.4) is 0 Å². The molecule has 1 aromatic carbocycles. The van der Waals surface area contributed by atoms with Crippen molar-refractivity contribution in [1.82, 2.24) is 4.57 Å². The molecule has 0 heterocycles. The van der Waals surface area contributed by atoms with Gasteiger partial charge in [0.1, 0.15) is 0 Å². The molecule has 0 aromatic heterocycles. The smallest absolute Gasteiger partial charge is 0.456 e. The van der Waals surface area contributed by atoms with Crippen LogP contribution in [-0.2, 0) is 0 Å². The zero-order valence-corrected chi connectivity index (χ0v) is 10.7. The Kier molecular flexibility index (Phi) is 7.30. The first-order valence-corrected chi connectivity index (χ1v) is 6.88. The molecule has 72 valence electrons. The summed E-state index contributed by atoms with van der Waals surface area (Å²) in [5.74, 6) is 0. The van der Waals surface area contributed by atoms with Crippen LogP contribution in [0.1, 0.15) is 13.8 Å². The fourth-order valence-electron chi connectivity index (χ4n) is 1.56. The van der Waals surface area contributed by atoms with Crippen LogP contribution in [0, 0.1) is 0 Å². The second kappa shape index (κ2) is 7.31. The van der Waals surface area contributed by atoms with Crippen LogP contribution in [0.15, 0.2) is 30.3 Å². The van der Waals surface area contributed by atoms with Crippen molar-refractivity contribution in [3.05, 3.63) is 30.3 Å². The fourth-order valence-corrected chi connectivity index (χ4v) is 3.55. The van der Waals surface area contributed by atoms with Crippen molar-refractivity contribution in [2.24, 2.45) is 0 Å². The molecule has 0 unspecified atom stereocenters. The van der Waals surface area contributed by atoms with Crippen molar-refractivity contribution in [3.8, 4) is 0 Å². The third-order valence-corrected chi connectivity index (χ3v) is 5.18. The van der Waals surface area contributed by atoms with Gasteiger partial charge >= 0.3 is 18.9 Å². The van der Waals surface area contributed by atoms with Gasteiger partial charge in [0.2, 0.25) is 0 Å². The molecule has 0 saturated carbocycles. The summed E-state index contributed by atoms with van der Waals surface area (Å²) in [5, 5.41) is 1.51. The Morgan fingerprint density at radius 1 is 1.07 bits per heavy atom. The molecule has 0 spiro atoms. The van der Waals surface area contributed by atoms with Crippen LogP contribution in [0.25, 0.3) is 0 Å². The van der Waals surface area contributed by atoms with Crippen LogP contribution in [0.2, 0.25) is 6.55 Å². The summed E-state index contributed by atoms with van der Waals surface area (Å²) in [5.41, 5.74) is 0. The Morgan fingerprint density at radius 3 is 2.00 bits per heavy atom. The monoisotopic (exact) mass is 199 g/mol. The molecular formula is C11H18LiNSi. The van der Waals surface area contributed by atoms with Crippen molar-refractivity contribution < 1.29 is 18.9 Å². The standard InChI is InChI=1S/C11H18NSi.Li/c1-4-12(5-2)13(3)11-9-7-6-8-10-11;/h6-10H,4-5H2,1-3H3;/q-1;+1. The molecule has 3 heteroatoms. The summed E-state index contributed by atoms with van der Waals surface area (Å²) in [6.45, 7) is 9.17. The molecular weight excluding hydrogens is 181 g/mol. The van der Waals surface area contributed by atoms with E-state index in [1.807, 2.05) is 0 Å². The van der Waals surface area contributed by atoms with Gasteiger partial charge in [-0.05, 0) is 13.1 Å². The Labute approximate surface area is 101 Å². The molecule has 0 fully saturated rings. The van der Waals surface area contributed by atoms with Crippen molar-refractivity contribution in [3.63, 3.8) is 0 Å². The van der Waals surface area contributed by atoms with E-state index in [-0.39, 0.29) is 18.9 Å². The molecule has 0 N–H and O–H groups in total. The van der Waals surface area contributed by atoms with E-state index in [0.717, 1.165) is 13.1 Å². The van der Waals surface area contributed by atoms with E-state index in [1.165, 1.54) is 5.19 Å². The molecule has 0 atom stereocenters. The average molecular weight is 199 g/mol. The normalized spacial score (nSPS) is 9.71. The van der Waals surface area contributed by atoms with E-state index in [4.69, 9.17) is 0 Å². The van der Waals surface area contributed by atoms with Crippen LogP contribution in [-0.4, -0.2) is 26.6 Å². The third-order valence-electron chi connectivity index (χ3n) is 2.43. The zero-order chi connectivity index (χ0) is 9.68. The minimum absolute atomic E-state index is 0. The fraction of sp³-hybridized carbons (Fsp3) is 0.455. The third kappa shape index (κ3) is 3.63. The Morgan fingerprint density at radius 2 is 1.57 bits per heavy atom. The molecule has 0 amide bonds. The maximum absolute atomic E-state index is 2.56. The van der Waals surface area contributed by atoms with E-state index in [1.54, 1.807) is 0 Å². The average Bonchev–Trinajstić information content (AvgIpc) is 2.21. The van der Waals surface area contributed by atoms with Crippen LogP contribution >= 0.6 is 0 Å². The quantitative estimate of drug-likeness (QED) is 0.554. The molecule has 14 heavy (non-hydrogen) atoms. The minimum Gasteiger partial charge on any atom is -0.456 e. The van der Waals surface area contributed by atoms with Gasteiger partial charge in [0.05, 0.1) is 0 Å². The number of hydrogen-bond acceptors (Lipinski definition) is 1. The zero-order valence-electron chi connectivity index (χ0n) is 9.75. The Hall–Kier alpha value is -0.00571. The van der Waals surface area contributed by atoms with Crippen molar-refractivity contribution >= 4 is 14.1 Å². The van der Waals surface area contributed by atoms with Gasteiger partial charge in [-0.25, -0.2) is 8.96 Å². The minimum atomic E-state index is -0.474. The van der Waals surface area contributed by atoms with Crippen LogP contribution < -0.4 is 24.0 Å². The van der Waals surface area contributed by atoms with Crippen LogP contribution in [0.4, 0.5) is 0 Å². The number of benzene rings is 1. The number of hydrogen-bond donors (Lipinski definition) is 0. The van der Waals surface area contributed by atoms with Gasteiger partial charge in [-0.1, -0.05) is 44.2 Å². The maximum Gasteiger partial charge on any atom is 1.00 e. The topological polar surface area (TPSA) is 3.24 Å². The van der Waals surface area contributed by atoms with Gasteiger partial charge in [0.15, 0.2) is 0 Å². The summed E-state index contributed by atoms with van der Waals surface area (Å²) < 4.78 is 2.56. The predicted molar refractivity (Wildman–Crippen MR) is 60.6 cm³/mol. The molecule has 0 aliphatic carbocycles. The second-order valence-electron chi connectivity index (χ2n) is 3.12. The van der Waals surface area contributed by atoms with Crippen LogP contribution in [0.5, 0.6) is 0 Å². The first kappa shape index (κ1) is 14.0. The second-order valence-corrected chi connectivity index (χ2v) is 5.50. The molecule has 0 bridgehead atoms. The van der Waals surface area contributed by atoms with Gasteiger partial charge in [-0.3, -0.25) is 0 Å². The van der Waals surface area contributed by atoms with E-state index < -0.39 is 8.96 Å². The van der Waals surface area contributed by atoms with Gasteiger partial charge in [0.25, 0.3) is 0 Å². The van der Waals surface area contributed by atoms with Gasteiger partial charge in [-0.2, -0.15) is 11.7 Å². The molecule has 1 nitrogen and oxygen atoms in total. The summed E-state index contributed by atoms with van der Waals surface area (Å²) >= 11 is 0. The van der Waals surface area contributed by atoms with E-state index >= 15 is 0 Å². The van der Waals surface area contributed by atoms with Gasteiger partial charge < -0.3 is 4.57 Å². The van der Waals surface area contributed by atoms with E-state index in [9.17, 15) is 0 Å². The molecule has 0 aliphatic heterocycles. The number of nitrogens with zero attached hydrogens (tertiary/aromatic N) is 1. The summed E-state index contributed by atoms with van der Waals surface area (Å²) in [7, 11) is -0.474. The first-order chi connectivity index (χ1) is 6.29. The molecule has 1 rings (SSSR count). The largest absolute Gasteiger partial charge is 1.00 e.